The van der Waals surface area contributed by atoms with Gasteiger partial charge in [-0.1, -0.05) is 0 Å². The Kier molecular flexibility index (Phi) is 7.52. The first-order chi connectivity index (χ1) is 11.7. The van der Waals surface area contributed by atoms with Crippen LogP contribution in [0.25, 0.3) is 0 Å². The quantitative estimate of drug-likeness (QED) is 0.655. The van der Waals surface area contributed by atoms with Gasteiger partial charge in [-0.15, -0.1) is 0 Å². The minimum atomic E-state index is -4.04. The molecule has 1 rings (SSSR count). The lowest BCUT2D eigenvalue weighted by Crippen LogP contribution is -2.37. The van der Waals surface area contributed by atoms with Crippen LogP contribution in [0.2, 0.25) is 0 Å². The van der Waals surface area contributed by atoms with Gasteiger partial charge in [0.15, 0.2) is 0 Å². The number of nitrogens with zero attached hydrogens (tertiary/aromatic N) is 1. The zero-order valence-corrected chi connectivity index (χ0v) is 15.0. The molecule has 0 aromatic heterocycles. The van der Waals surface area contributed by atoms with Crippen LogP contribution in [0.15, 0.2) is 29.2 Å². The number of nitrogens with one attached hydrogen (secondary N) is 1. The minimum absolute atomic E-state index is 0.0876. The highest BCUT2D eigenvalue weighted by Gasteiger charge is 2.27. The summed E-state index contributed by atoms with van der Waals surface area (Å²) in [7, 11) is -1.73. The second-order valence-corrected chi connectivity index (χ2v) is 6.88. The maximum absolute atomic E-state index is 12.7. The minimum Gasteiger partial charge on any atom is -0.469 e. The predicted molar refractivity (Wildman–Crippen MR) is 88.2 cm³/mol. The predicted octanol–water partition coefficient (Wildman–Crippen LogP) is 0.372. The van der Waals surface area contributed by atoms with E-state index in [2.05, 4.69) is 14.8 Å². The third kappa shape index (κ3) is 6.16. The molecule has 1 N–H and O–H groups in total. The zero-order valence-electron chi connectivity index (χ0n) is 14.1. The maximum Gasteiger partial charge on any atom is 0.321 e. The van der Waals surface area contributed by atoms with E-state index in [-0.39, 0.29) is 23.8 Å². The van der Waals surface area contributed by atoms with E-state index in [0.29, 0.717) is 5.69 Å². The Hall–Kier alpha value is -2.46. The van der Waals surface area contributed by atoms with Crippen LogP contribution in [0.5, 0.6) is 0 Å². The lowest BCUT2D eigenvalue weighted by atomic mass is 10.3. The zero-order chi connectivity index (χ0) is 19.0. The molecule has 0 aliphatic heterocycles. The number of anilines is 1. The van der Waals surface area contributed by atoms with Crippen LogP contribution < -0.4 is 5.32 Å². The Morgan fingerprint density at radius 2 is 1.60 bits per heavy atom. The number of amides is 1. The molecule has 1 aromatic rings. The van der Waals surface area contributed by atoms with E-state index in [4.69, 9.17) is 0 Å². The summed E-state index contributed by atoms with van der Waals surface area (Å²) in [5, 5.41) is 2.52. The highest BCUT2D eigenvalue weighted by Crippen LogP contribution is 2.19. The van der Waals surface area contributed by atoms with E-state index >= 15 is 0 Å². The Balaban J connectivity index is 3.05. The Bertz CT molecular complexity index is 729. The molecule has 10 heteroatoms. The third-order valence-electron chi connectivity index (χ3n) is 3.14. The first kappa shape index (κ1) is 20.6. The van der Waals surface area contributed by atoms with Crippen LogP contribution in [0.1, 0.15) is 13.3 Å². The highest BCUT2D eigenvalue weighted by molar-refractivity contribution is 7.89. The largest absolute Gasteiger partial charge is 0.469 e. The van der Waals surface area contributed by atoms with Gasteiger partial charge in [-0.05, 0) is 24.3 Å². The molecule has 0 saturated carbocycles. The second-order valence-electron chi connectivity index (χ2n) is 4.95. The number of esters is 2. The number of sulfonamides is 1. The molecule has 0 atom stereocenters. The molecule has 0 heterocycles. The van der Waals surface area contributed by atoms with Crippen LogP contribution >= 0.6 is 0 Å². The van der Waals surface area contributed by atoms with Crippen molar-refractivity contribution in [2.75, 3.05) is 32.6 Å². The Morgan fingerprint density at radius 3 is 2.08 bits per heavy atom. The Morgan fingerprint density at radius 1 is 1.04 bits per heavy atom. The summed E-state index contributed by atoms with van der Waals surface area (Å²) in [6.07, 6.45) is -0.212. The fourth-order valence-corrected chi connectivity index (χ4v) is 3.26. The monoisotopic (exact) mass is 372 g/mol. The number of ether oxygens (including phenoxy) is 2. The molecular weight excluding hydrogens is 352 g/mol. The SMILES string of the molecule is COC(=O)CCN(CC(=O)OC)S(=O)(=O)c1ccc(NC(C)=O)cc1. The van der Waals surface area contributed by atoms with Gasteiger partial charge in [0.2, 0.25) is 15.9 Å². The molecule has 0 aliphatic carbocycles. The topological polar surface area (TPSA) is 119 Å². The van der Waals surface area contributed by atoms with Crippen molar-refractivity contribution in [2.24, 2.45) is 0 Å². The summed E-state index contributed by atoms with van der Waals surface area (Å²) in [5.74, 6) is -1.66. The normalized spacial score (nSPS) is 11.0. The van der Waals surface area contributed by atoms with Gasteiger partial charge in [-0.25, -0.2) is 8.42 Å². The van der Waals surface area contributed by atoms with Crippen molar-refractivity contribution >= 4 is 33.6 Å². The number of benzene rings is 1. The fourth-order valence-electron chi connectivity index (χ4n) is 1.87. The molecule has 0 bridgehead atoms. The van der Waals surface area contributed by atoms with E-state index in [0.717, 1.165) is 11.4 Å². The van der Waals surface area contributed by atoms with Crippen molar-refractivity contribution < 1.29 is 32.3 Å². The van der Waals surface area contributed by atoms with Crippen molar-refractivity contribution in [3.8, 4) is 0 Å². The standard InChI is InChI=1S/C15H20N2O7S/c1-11(18)16-12-4-6-13(7-5-12)25(21,22)17(10-15(20)24-3)9-8-14(19)23-2/h4-7H,8-10H2,1-3H3,(H,16,18). The molecule has 0 aliphatic rings. The first-order valence-electron chi connectivity index (χ1n) is 7.22. The average molecular weight is 372 g/mol. The van der Waals surface area contributed by atoms with Crippen molar-refractivity contribution in [3.63, 3.8) is 0 Å². The van der Waals surface area contributed by atoms with Gasteiger partial charge in [-0.2, -0.15) is 4.31 Å². The first-order valence-corrected chi connectivity index (χ1v) is 8.66. The number of hydrogen-bond donors (Lipinski definition) is 1. The van der Waals surface area contributed by atoms with E-state index in [1.54, 1.807) is 0 Å². The average Bonchev–Trinajstić information content (AvgIpc) is 2.57. The third-order valence-corrected chi connectivity index (χ3v) is 5.00. The van der Waals surface area contributed by atoms with Crippen LogP contribution in [0, 0.1) is 0 Å². The van der Waals surface area contributed by atoms with E-state index in [1.165, 1.54) is 38.3 Å². The molecule has 0 spiro atoms. The molecule has 0 radical (unpaired) electrons. The fraction of sp³-hybridized carbons (Fsp3) is 0.400. The van der Waals surface area contributed by atoms with Gasteiger partial charge in [0.25, 0.3) is 0 Å². The van der Waals surface area contributed by atoms with E-state index < -0.39 is 28.5 Å². The lowest BCUT2D eigenvalue weighted by molar-refractivity contribution is -0.143. The molecular formula is C15H20N2O7S. The maximum atomic E-state index is 12.7. The second kappa shape index (κ2) is 9.14. The summed E-state index contributed by atoms with van der Waals surface area (Å²) in [4.78, 5) is 33.7. The molecule has 0 saturated heterocycles. The number of rotatable bonds is 8. The summed E-state index contributed by atoms with van der Waals surface area (Å²) in [6.45, 7) is 0.552. The number of methoxy groups -OCH3 is 2. The molecule has 0 unspecified atom stereocenters. The van der Waals surface area contributed by atoms with Crippen molar-refractivity contribution in [1.82, 2.24) is 4.31 Å². The van der Waals surface area contributed by atoms with Gasteiger partial charge in [0.05, 0.1) is 25.5 Å². The number of carbonyl (C=O) groups is 3. The van der Waals surface area contributed by atoms with E-state index in [9.17, 15) is 22.8 Å². The van der Waals surface area contributed by atoms with Crippen LogP contribution in [0.4, 0.5) is 5.69 Å². The Labute approximate surface area is 145 Å². The van der Waals surface area contributed by atoms with Gasteiger partial charge >= 0.3 is 11.9 Å². The summed E-state index contributed by atoms with van der Waals surface area (Å²) < 4.78 is 35.2. The van der Waals surface area contributed by atoms with Gasteiger partial charge < -0.3 is 14.8 Å². The van der Waals surface area contributed by atoms with E-state index in [1.807, 2.05) is 0 Å². The van der Waals surface area contributed by atoms with Gasteiger partial charge in [0.1, 0.15) is 6.54 Å². The molecule has 1 aromatic carbocycles. The van der Waals surface area contributed by atoms with Crippen LogP contribution in [0.3, 0.4) is 0 Å². The summed E-state index contributed by atoms with van der Waals surface area (Å²) >= 11 is 0. The molecule has 0 fully saturated rings. The van der Waals surface area contributed by atoms with Gasteiger partial charge in [-0.3, -0.25) is 14.4 Å². The number of hydrogen-bond acceptors (Lipinski definition) is 7. The molecule has 138 valence electrons. The van der Waals surface area contributed by atoms with Crippen molar-refractivity contribution in [1.29, 1.82) is 0 Å². The van der Waals surface area contributed by atoms with Crippen LogP contribution in [-0.2, 0) is 33.9 Å². The smallest absolute Gasteiger partial charge is 0.321 e. The lowest BCUT2D eigenvalue weighted by Gasteiger charge is -2.20. The van der Waals surface area contributed by atoms with Crippen molar-refractivity contribution in [2.45, 2.75) is 18.2 Å². The molecule has 9 nitrogen and oxygen atoms in total. The van der Waals surface area contributed by atoms with Crippen LogP contribution in [-0.4, -0.2) is 57.9 Å². The molecule has 25 heavy (non-hydrogen) atoms. The molecule has 1 amide bonds. The summed E-state index contributed by atoms with van der Waals surface area (Å²) in [6, 6.07) is 5.43. The number of carbonyl (C=O) groups excluding carboxylic acids is 3. The highest BCUT2D eigenvalue weighted by atomic mass is 32.2. The summed E-state index contributed by atoms with van der Waals surface area (Å²) in [5.41, 5.74) is 0.431. The van der Waals surface area contributed by atoms with Gasteiger partial charge in [0, 0.05) is 19.2 Å². The van der Waals surface area contributed by atoms with Crippen molar-refractivity contribution in [3.05, 3.63) is 24.3 Å².